The lowest BCUT2D eigenvalue weighted by Gasteiger charge is -2.25. The van der Waals surface area contributed by atoms with Crippen LogP contribution in [-0.4, -0.2) is 21.7 Å². The molecule has 2 heterocycles. The van der Waals surface area contributed by atoms with Gasteiger partial charge < -0.3 is 10.2 Å². The van der Waals surface area contributed by atoms with Crippen LogP contribution in [0.3, 0.4) is 0 Å². The number of amides is 2. The maximum atomic E-state index is 14.6. The van der Waals surface area contributed by atoms with Gasteiger partial charge in [0.2, 0.25) is 5.91 Å². The van der Waals surface area contributed by atoms with E-state index in [4.69, 9.17) is 11.6 Å². The van der Waals surface area contributed by atoms with Gasteiger partial charge in [-0.25, -0.2) is 13.8 Å². The normalized spacial score (nSPS) is 15.1. The molecule has 0 spiro atoms. The SMILES string of the molecule is O=C(CCC1c2c(F)cccc2C(=O)N1Cc1ccc(F)cc1)Nc1ccc(Cl)cn1. The predicted octanol–water partition coefficient (Wildman–Crippen LogP) is 5.13. The topological polar surface area (TPSA) is 62.3 Å². The van der Waals surface area contributed by atoms with Crippen LogP contribution < -0.4 is 5.32 Å². The Bertz CT molecular complexity index is 1120. The van der Waals surface area contributed by atoms with Crippen molar-refractivity contribution in [1.82, 2.24) is 9.88 Å². The molecular formula is C23H18ClF2N3O2. The number of carbonyl (C=O) groups excluding carboxylic acids is 2. The summed E-state index contributed by atoms with van der Waals surface area (Å²) in [5, 5.41) is 3.12. The van der Waals surface area contributed by atoms with Crippen LogP contribution in [0, 0.1) is 11.6 Å². The fourth-order valence-electron chi connectivity index (χ4n) is 3.71. The fourth-order valence-corrected chi connectivity index (χ4v) is 3.82. The maximum Gasteiger partial charge on any atom is 0.255 e. The number of aromatic nitrogens is 1. The third-order valence-electron chi connectivity index (χ3n) is 5.16. The van der Waals surface area contributed by atoms with Crippen LogP contribution in [-0.2, 0) is 11.3 Å². The van der Waals surface area contributed by atoms with E-state index in [-0.39, 0.29) is 48.1 Å². The molecule has 0 bridgehead atoms. The van der Waals surface area contributed by atoms with E-state index in [0.717, 1.165) is 0 Å². The second kappa shape index (κ2) is 8.81. The Hall–Kier alpha value is -3.32. The number of halogens is 3. The van der Waals surface area contributed by atoms with Crippen molar-refractivity contribution in [2.45, 2.75) is 25.4 Å². The summed E-state index contributed by atoms with van der Waals surface area (Å²) < 4.78 is 27.9. The molecule has 0 aliphatic carbocycles. The molecule has 2 aromatic carbocycles. The quantitative estimate of drug-likeness (QED) is 0.577. The van der Waals surface area contributed by atoms with Gasteiger partial charge in [0, 0.05) is 30.3 Å². The fraction of sp³-hybridized carbons (Fsp3) is 0.174. The molecule has 3 aromatic rings. The smallest absolute Gasteiger partial charge is 0.255 e. The highest BCUT2D eigenvalue weighted by Crippen LogP contribution is 2.39. The Balaban J connectivity index is 1.53. The third-order valence-corrected chi connectivity index (χ3v) is 5.38. The maximum absolute atomic E-state index is 14.6. The molecule has 31 heavy (non-hydrogen) atoms. The van der Waals surface area contributed by atoms with Gasteiger partial charge in [0.05, 0.1) is 11.1 Å². The Morgan fingerprint density at radius 3 is 2.58 bits per heavy atom. The molecule has 1 atom stereocenters. The lowest BCUT2D eigenvalue weighted by molar-refractivity contribution is -0.116. The van der Waals surface area contributed by atoms with E-state index >= 15 is 0 Å². The number of rotatable bonds is 6. The first-order valence-corrected chi connectivity index (χ1v) is 10.1. The monoisotopic (exact) mass is 441 g/mol. The molecule has 1 aliphatic rings. The summed E-state index contributed by atoms with van der Waals surface area (Å²) in [4.78, 5) is 30.9. The van der Waals surface area contributed by atoms with Crippen LogP contribution in [0.4, 0.5) is 14.6 Å². The Morgan fingerprint density at radius 2 is 1.87 bits per heavy atom. The summed E-state index contributed by atoms with van der Waals surface area (Å²) in [6, 6.07) is 12.7. The largest absolute Gasteiger partial charge is 0.327 e. The lowest BCUT2D eigenvalue weighted by atomic mass is 9.99. The molecule has 1 N–H and O–H groups in total. The Morgan fingerprint density at radius 1 is 1.10 bits per heavy atom. The van der Waals surface area contributed by atoms with Crippen LogP contribution in [0.2, 0.25) is 5.02 Å². The molecule has 0 radical (unpaired) electrons. The van der Waals surface area contributed by atoms with E-state index in [1.807, 2.05) is 0 Å². The van der Waals surface area contributed by atoms with Crippen molar-refractivity contribution in [3.63, 3.8) is 0 Å². The van der Waals surface area contributed by atoms with Gasteiger partial charge in [-0.2, -0.15) is 0 Å². The van der Waals surface area contributed by atoms with Crippen molar-refractivity contribution >= 4 is 29.2 Å². The highest BCUT2D eigenvalue weighted by atomic mass is 35.5. The second-order valence-corrected chi connectivity index (χ2v) is 7.66. The first-order valence-electron chi connectivity index (χ1n) is 9.67. The van der Waals surface area contributed by atoms with Crippen LogP contribution >= 0.6 is 11.6 Å². The standard InChI is InChI=1S/C23H18ClF2N3O2/c24-15-6-10-20(27-12-15)28-21(30)11-9-19-22-17(2-1-3-18(22)26)23(31)29(19)13-14-4-7-16(25)8-5-14/h1-8,10,12,19H,9,11,13H2,(H,27,28,30). The van der Waals surface area contributed by atoms with Crippen molar-refractivity contribution in [2.75, 3.05) is 5.32 Å². The zero-order chi connectivity index (χ0) is 22.0. The first-order chi connectivity index (χ1) is 14.9. The molecule has 2 amide bonds. The highest BCUT2D eigenvalue weighted by molar-refractivity contribution is 6.30. The molecule has 0 saturated carbocycles. The average Bonchev–Trinajstić information content (AvgIpc) is 3.02. The minimum Gasteiger partial charge on any atom is -0.327 e. The molecule has 0 saturated heterocycles. The van der Waals surface area contributed by atoms with Crippen molar-refractivity contribution in [2.24, 2.45) is 0 Å². The zero-order valence-corrected chi connectivity index (χ0v) is 17.1. The van der Waals surface area contributed by atoms with E-state index < -0.39 is 11.9 Å². The summed E-state index contributed by atoms with van der Waals surface area (Å²) in [6.45, 7) is 0.179. The first kappa shape index (κ1) is 20.9. The minimum absolute atomic E-state index is 0.0515. The molecule has 1 aromatic heterocycles. The van der Waals surface area contributed by atoms with Crippen LogP contribution in [0.5, 0.6) is 0 Å². The van der Waals surface area contributed by atoms with Crippen LogP contribution in [0.1, 0.15) is 40.4 Å². The summed E-state index contributed by atoms with van der Waals surface area (Å²) in [7, 11) is 0. The van der Waals surface area contributed by atoms with Gasteiger partial charge in [0.15, 0.2) is 0 Å². The van der Waals surface area contributed by atoms with Gasteiger partial charge in [-0.15, -0.1) is 0 Å². The number of pyridine rings is 1. The van der Waals surface area contributed by atoms with Gasteiger partial charge >= 0.3 is 0 Å². The van der Waals surface area contributed by atoms with Gasteiger partial charge in [-0.3, -0.25) is 9.59 Å². The van der Waals surface area contributed by atoms with E-state index in [9.17, 15) is 18.4 Å². The van der Waals surface area contributed by atoms with Crippen molar-refractivity contribution < 1.29 is 18.4 Å². The van der Waals surface area contributed by atoms with Gasteiger partial charge in [0.25, 0.3) is 5.91 Å². The van der Waals surface area contributed by atoms with Crippen molar-refractivity contribution in [3.05, 3.63) is 94.1 Å². The third kappa shape index (κ3) is 4.56. The number of hydrogen-bond acceptors (Lipinski definition) is 3. The van der Waals surface area contributed by atoms with Crippen LogP contribution in [0.25, 0.3) is 0 Å². The van der Waals surface area contributed by atoms with E-state index in [1.165, 1.54) is 35.4 Å². The van der Waals surface area contributed by atoms with Crippen LogP contribution in [0.15, 0.2) is 60.8 Å². The number of carbonyl (C=O) groups is 2. The molecule has 1 aliphatic heterocycles. The molecule has 8 heteroatoms. The zero-order valence-electron chi connectivity index (χ0n) is 16.3. The minimum atomic E-state index is -0.613. The summed E-state index contributed by atoms with van der Waals surface area (Å²) >= 11 is 5.79. The highest BCUT2D eigenvalue weighted by Gasteiger charge is 2.38. The van der Waals surface area contributed by atoms with Crippen molar-refractivity contribution in [3.8, 4) is 0 Å². The molecule has 5 nitrogen and oxygen atoms in total. The van der Waals surface area contributed by atoms with E-state index in [1.54, 1.807) is 30.3 Å². The predicted molar refractivity (Wildman–Crippen MR) is 113 cm³/mol. The number of fused-ring (bicyclic) bond motifs is 1. The van der Waals surface area contributed by atoms with Gasteiger partial charge in [-0.05, 0) is 48.4 Å². The number of nitrogens with zero attached hydrogens (tertiary/aromatic N) is 2. The van der Waals surface area contributed by atoms with Gasteiger partial charge in [-0.1, -0.05) is 29.8 Å². The van der Waals surface area contributed by atoms with Crippen molar-refractivity contribution in [1.29, 1.82) is 0 Å². The Kier molecular flexibility index (Phi) is 5.95. The van der Waals surface area contributed by atoms with E-state index in [2.05, 4.69) is 10.3 Å². The summed E-state index contributed by atoms with van der Waals surface area (Å²) in [5.41, 5.74) is 1.28. The number of anilines is 1. The van der Waals surface area contributed by atoms with Gasteiger partial charge in [0.1, 0.15) is 17.5 Å². The lowest BCUT2D eigenvalue weighted by Crippen LogP contribution is -2.28. The average molecular weight is 442 g/mol. The molecule has 1 unspecified atom stereocenters. The molecule has 4 rings (SSSR count). The summed E-state index contributed by atoms with van der Waals surface area (Å²) in [5.74, 6) is -1.14. The second-order valence-electron chi connectivity index (χ2n) is 7.22. The number of nitrogens with one attached hydrogen (secondary N) is 1. The number of benzene rings is 2. The molecular weight excluding hydrogens is 424 g/mol. The molecule has 0 fully saturated rings. The Labute approximate surface area is 182 Å². The molecule has 158 valence electrons. The summed E-state index contributed by atoms with van der Waals surface area (Å²) in [6.07, 6.45) is 1.69. The van der Waals surface area contributed by atoms with E-state index in [0.29, 0.717) is 16.4 Å². The number of hydrogen-bond donors (Lipinski definition) is 1.